The van der Waals surface area contributed by atoms with Crippen LogP contribution in [0.15, 0.2) is 4.99 Å². The molecule has 2 nitrogen and oxygen atoms in total. The van der Waals surface area contributed by atoms with Gasteiger partial charge in [0.15, 0.2) is 0 Å². The predicted octanol–water partition coefficient (Wildman–Crippen LogP) is 1.18. The fraction of sp³-hybridized carbons (Fsp3) is 0.857. The van der Waals surface area contributed by atoms with Gasteiger partial charge in [0, 0.05) is 12.1 Å². The van der Waals surface area contributed by atoms with Crippen molar-refractivity contribution in [1.82, 2.24) is 5.32 Å². The molecule has 0 bridgehead atoms. The van der Waals surface area contributed by atoms with Crippen LogP contribution >= 0.6 is 0 Å². The van der Waals surface area contributed by atoms with Crippen molar-refractivity contribution in [2.24, 2.45) is 4.99 Å². The summed E-state index contributed by atoms with van der Waals surface area (Å²) in [6.45, 7) is 7.39. The Morgan fingerprint density at radius 3 is 2.56 bits per heavy atom. The minimum absolute atomic E-state index is 0.270. The van der Waals surface area contributed by atoms with Crippen molar-refractivity contribution in [3.05, 3.63) is 0 Å². The molecule has 0 atom stereocenters. The summed E-state index contributed by atoms with van der Waals surface area (Å²) in [6.07, 6.45) is 1.14. The Bertz CT molecular complexity index is 136. The average molecular weight is 126 g/mol. The highest BCUT2D eigenvalue weighted by Gasteiger charge is 2.19. The van der Waals surface area contributed by atoms with E-state index in [9.17, 15) is 0 Å². The largest absolute Gasteiger partial charge is 0.369 e. The van der Waals surface area contributed by atoms with Gasteiger partial charge in [-0.25, -0.2) is 0 Å². The standard InChI is InChI=1S/C7H14N2/c1-6-8-5-4-7(2,3)9-6/h4-5H2,1-3H3,(H,8,9). The van der Waals surface area contributed by atoms with Gasteiger partial charge in [0.1, 0.15) is 0 Å². The Morgan fingerprint density at radius 1 is 1.56 bits per heavy atom. The number of nitrogens with one attached hydrogen (secondary N) is 1. The second-order valence-electron chi connectivity index (χ2n) is 3.23. The van der Waals surface area contributed by atoms with Crippen LogP contribution in [0.2, 0.25) is 0 Å². The summed E-state index contributed by atoms with van der Waals surface area (Å²) >= 11 is 0. The summed E-state index contributed by atoms with van der Waals surface area (Å²) in [6, 6.07) is 0. The van der Waals surface area contributed by atoms with Crippen molar-refractivity contribution < 1.29 is 0 Å². The fourth-order valence-corrected chi connectivity index (χ4v) is 1.09. The molecule has 0 amide bonds. The molecule has 0 radical (unpaired) electrons. The van der Waals surface area contributed by atoms with Gasteiger partial charge in [0.25, 0.3) is 0 Å². The number of amidine groups is 1. The van der Waals surface area contributed by atoms with Gasteiger partial charge in [-0.1, -0.05) is 0 Å². The minimum Gasteiger partial charge on any atom is -0.369 e. The van der Waals surface area contributed by atoms with Crippen LogP contribution in [0.1, 0.15) is 27.2 Å². The van der Waals surface area contributed by atoms with E-state index in [0.29, 0.717) is 0 Å². The van der Waals surface area contributed by atoms with Crippen LogP contribution in [0, 0.1) is 0 Å². The van der Waals surface area contributed by atoms with E-state index in [4.69, 9.17) is 0 Å². The van der Waals surface area contributed by atoms with Crippen LogP contribution in [-0.4, -0.2) is 17.9 Å². The highest BCUT2D eigenvalue weighted by molar-refractivity contribution is 5.80. The molecule has 0 saturated carbocycles. The van der Waals surface area contributed by atoms with Crippen LogP contribution in [0.5, 0.6) is 0 Å². The zero-order valence-electron chi connectivity index (χ0n) is 6.36. The van der Waals surface area contributed by atoms with Crippen molar-refractivity contribution in [1.29, 1.82) is 0 Å². The van der Waals surface area contributed by atoms with E-state index in [1.54, 1.807) is 0 Å². The topological polar surface area (TPSA) is 24.4 Å². The SMILES string of the molecule is CC1=NCCC(C)(C)N1. The molecule has 0 fully saturated rings. The number of nitrogens with zero attached hydrogens (tertiary/aromatic N) is 1. The highest BCUT2D eigenvalue weighted by atomic mass is 15.1. The van der Waals surface area contributed by atoms with Gasteiger partial charge in [0.2, 0.25) is 0 Å². The summed E-state index contributed by atoms with van der Waals surface area (Å²) < 4.78 is 0. The molecule has 1 heterocycles. The molecule has 0 aromatic heterocycles. The first kappa shape index (κ1) is 6.59. The molecular formula is C7H14N2. The Hall–Kier alpha value is -0.530. The first-order valence-corrected chi connectivity index (χ1v) is 3.39. The van der Waals surface area contributed by atoms with Gasteiger partial charge >= 0.3 is 0 Å². The quantitative estimate of drug-likeness (QED) is 0.518. The molecule has 1 N–H and O–H groups in total. The molecule has 0 unspecified atom stereocenters. The van der Waals surface area contributed by atoms with Gasteiger partial charge < -0.3 is 5.32 Å². The summed E-state index contributed by atoms with van der Waals surface area (Å²) in [5.41, 5.74) is 0.270. The zero-order chi connectivity index (χ0) is 6.91. The van der Waals surface area contributed by atoms with Crippen LogP contribution in [-0.2, 0) is 0 Å². The van der Waals surface area contributed by atoms with Gasteiger partial charge in [-0.15, -0.1) is 0 Å². The third-order valence-corrected chi connectivity index (χ3v) is 1.61. The van der Waals surface area contributed by atoms with E-state index >= 15 is 0 Å². The van der Waals surface area contributed by atoms with Crippen LogP contribution in [0.3, 0.4) is 0 Å². The van der Waals surface area contributed by atoms with E-state index in [1.807, 2.05) is 6.92 Å². The van der Waals surface area contributed by atoms with E-state index in [1.165, 1.54) is 0 Å². The Balaban J connectivity index is 2.59. The van der Waals surface area contributed by atoms with Crippen molar-refractivity contribution in [3.63, 3.8) is 0 Å². The molecule has 0 aliphatic carbocycles. The lowest BCUT2D eigenvalue weighted by molar-refractivity contribution is 0.414. The number of hydrogen-bond acceptors (Lipinski definition) is 2. The van der Waals surface area contributed by atoms with Crippen LogP contribution in [0.4, 0.5) is 0 Å². The molecule has 2 heteroatoms. The smallest absolute Gasteiger partial charge is 0.0935 e. The molecule has 0 aromatic carbocycles. The van der Waals surface area contributed by atoms with Gasteiger partial charge in [-0.2, -0.15) is 0 Å². The predicted molar refractivity (Wildman–Crippen MR) is 39.8 cm³/mol. The third-order valence-electron chi connectivity index (χ3n) is 1.61. The van der Waals surface area contributed by atoms with E-state index < -0.39 is 0 Å². The maximum Gasteiger partial charge on any atom is 0.0935 e. The minimum atomic E-state index is 0.270. The summed E-state index contributed by atoms with van der Waals surface area (Å²) in [7, 11) is 0. The van der Waals surface area contributed by atoms with Crippen molar-refractivity contribution in [3.8, 4) is 0 Å². The molecule has 52 valence electrons. The molecular weight excluding hydrogens is 112 g/mol. The molecule has 0 saturated heterocycles. The molecule has 0 spiro atoms. The Labute approximate surface area is 56.4 Å². The van der Waals surface area contributed by atoms with E-state index in [-0.39, 0.29) is 5.54 Å². The fourth-order valence-electron chi connectivity index (χ4n) is 1.09. The van der Waals surface area contributed by atoms with Crippen molar-refractivity contribution in [2.45, 2.75) is 32.7 Å². The average Bonchev–Trinajstić information content (AvgIpc) is 1.60. The van der Waals surface area contributed by atoms with Gasteiger partial charge in [0.05, 0.1) is 5.84 Å². The molecule has 1 aliphatic heterocycles. The van der Waals surface area contributed by atoms with Crippen molar-refractivity contribution in [2.75, 3.05) is 6.54 Å². The highest BCUT2D eigenvalue weighted by Crippen LogP contribution is 2.11. The lowest BCUT2D eigenvalue weighted by Crippen LogP contribution is -2.45. The summed E-state index contributed by atoms with van der Waals surface area (Å²) in [5.74, 6) is 1.08. The van der Waals surface area contributed by atoms with Gasteiger partial charge in [-0.05, 0) is 27.2 Å². The maximum absolute atomic E-state index is 4.23. The second-order valence-corrected chi connectivity index (χ2v) is 3.23. The molecule has 0 aromatic rings. The first-order chi connectivity index (χ1) is 4.10. The molecule has 9 heavy (non-hydrogen) atoms. The van der Waals surface area contributed by atoms with Crippen LogP contribution in [0.25, 0.3) is 0 Å². The van der Waals surface area contributed by atoms with E-state index in [2.05, 4.69) is 24.2 Å². The molecule has 1 rings (SSSR count). The Morgan fingerprint density at radius 2 is 2.22 bits per heavy atom. The Kier molecular flexibility index (Phi) is 1.47. The van der Waals surface area contributed by atoms with E-state index in [0.717, 1.165) is 18.8 Å². The molecule has 1 aliphatic rings. The summed E-state index contributed by atoms with van der Waals surface area (Å²) in [4.78, 5) is 4.23. The number of hydrogen-bond donors (Lipinski definition) is 1. The third kappa shape index (κ3) is 1.70. The van der Waals surface area contributed by atoms with Gasteiger partial charge in [-0.3, -0.25) is 4.99 Å². The lowest BCUT2D eigenvalue weighted by Gasteiger charge is -2.30. The van der Waals surface area contributed by atoms with Crippen LogP contribution < -0.4 is 5.32 Å². The van der Waals surface area contributed by atoms with Crippen molar-refractivity contribution >= 4 is 5.84 Å². The lowest BCUT2D eigenvalue weighted by atomic mass is 9.99. The monoisotopic (exact) mass is 126 g/mol. The number of aliphatic imine (C=N–C) groups is 1. The maximum atomic E-state index is 4.23. The number of rotatable bonds is 0. The summed E-state index contributed by atoms with van der Waals surface area (Å²) in [5, 5.41) is 3.31. The normalized spacial score (nSPS) is 24.6. The zero-order valence-corrected chi connectivity index (χ0v) is 6.36. The second kappa shape index (κ2) is 2.01. The first-order valence-electron chi connectivity index (χ1n) is 3.39.